The third kappa shape index (κ3) is 9.05. The first kappa shape index (κ1) is 37.7. The van der Waals surface area contributed by atoms with Crippen LogP contribution in [0.2, 0.25) is 0 Å². The molecule has 0 unspecified atom stereocenters. The third-order valence-corrected chi connectivity index (χ3v) is 10.3. The Morgan fingerprint density at radius 3 is 0.978 bits per heavy atom. The second-order valence-corrected chi connectivity index (χ2v) is 13.7. The van der Waals surface area contributed by atoms with Gasteiger partial charge in [-0.15, -0.1) is 6.67 Å². The topological polar surface area (TPSA) is 6.48 Å². The smallest absolute Gasteiger partial charge is 0.479 e. The summed E-state index contributed by atoms with van der Waals surface area (Å²) in [6, 6.07) is 41.5. The molecule has 5 aromatic rings. The van der Waals surface area contributed by atoms with Crippen LogP contribution in [0.4, 0.5) is 11.4 Å². The van der Waals surface area contributed by atoms with Gasteiger partial charge >= 0.3 is 20.1 Å². The number of hydrogen-bond acceptors (Lipinski definition) is 2. The van der Waals surface area contributed by atoms with Crippen molar-refractivity contribution < 1.29 is 20.1 Å². The van der Waals surface area contributed by atoms with Crippen LogP contribution in [0.1, 0.15) is 33.4 Å². The van der Waals surface area contributed by atoms with Crippen molar-refractivity contribution >= 4 is 35.2 Å². The number of benzene rings is 5. The number of anilines is 2. The fourth-order valence-corrected chi connectivity index (χ4v) is 8.67. The predicted octanol–water partition coefficient (Wildman–Crippen LogP) is 9.53. The van der Waals surface area contributed by atoms with Crippen molar-refractivity contribution in [2.45, 2.75) is 41.5 Å². The monoisotopic (exact) mass is 791 g/mol. The fraction of sp³-hybridized carbons (Fsp3) is 0.146. The van der Waals surface area contributed by atoms with Crippen molar-refractivity contribution in [3.05, 3.63) is 183 Å². The average molecular weight is 791 g/mol. The van der Waals surface area contributed by atoms with Gasteiger partial charge in [-0.2, -0.15) is 0 Å². The predicted molar refractivity (Wildman–Crippen MR) is 199 cm³/mol. The van der Waals surface area contributed by atoms with Gasteiger partial charge in [0.15, 0.2) is 0 Å². The van der Waals surface area contributed by atoms with Crippen LogP contribution in [-0.4, -0.2) is 0 Å². The summed E-state index contributed by atoms with van der Waals surface area (Å²) in [6.07, 6.45) is 4.28. The molecule has 0 bridgehead atoms. The van der Waals surface area contributed by atoms with Crippen molar-refractivity contribution in [3.8, 4) is 0 Å². The number of hydrogen-bond donors (Lipinski definition) is 0. The number of rotatable bonds is 5. The van der Waals surface area contributed by atoms with Crippen LogP contribution in [0.3, 0.4) is 0 Å². The van der Waals surface area contributed by atoms with Gasteiger partial charge in [-0.1, -0.05) is 90.0 Å². The molecule has 6 rings (SSSR count). The summed E-state index contributed by atoms with van der Waals surface area (Å²) in [4.78, 5) is 4.45. The maximum Gasteiger partial charge on any atom is 3.00 e. The molecular weight excluding hydrogens is 744 g/mol. The molecule has 5 aromatic carbocycles. The van der Waals surface area contributed by atoms with E-state index in [9.17, 15) is 0 Å². The molecule has 0 radical (unpaired) electrons. The standard InChI is InChI=1S/C21H25N2.C18H15P.2CH3.Ir/c1-14-9-16(3)20(17(4)10-14)22-7-8-23(13-22)21-18(5)11-15(2)12-19(21)6;1-4-10-16(11-5-1)19(17-12-6-2-7-13-17)18-14-8-3-9-15-18;;;/h7-13H,1-6H3;1-15H;2*1H3;/q-1;;2*-1;+3/p+1. The van der Waals surface area contributed by atoms with Gasteiger partial charge in [0, 0.05) is 11.4 Å². The van der Waals surface area contributed by atoms with Crippen molar-refractivity contribution in [3.63, 3.8) is 0 Å². The van der Waals surface area contributed by atoms with Crippen LogP contribution in [-0.2, 0) is 20.1 Å². The summed E-state index contributed by atoms with van der Waals surface area (Å²) < 4.78 is 0. The molecule has 0 atom stereocenters. The molecule has 1 aliphatic heterocycles. The summed E-state index contributed by atoms with van der Waals surface area (Å²) in [6.45, 7) is 15.2. The number of aryl methyl sites for hydroxylation is 6. The summed E-state index contributed by atoms with van der Waals surface area (Å²) in [5.74, 6) is 0. The van der Waals surface area contributed by atoms with E-state index in [4.69, 9.17) is 0 Å². The molecule has 0 spiro atoms. The van der Waals surface area contributed by atoms with Crippen LogP contribution in [0.25, 0.3) is 0 Å². The molecule has 0 saturated carbocycles. The molecule has 1 aliphatic rings. The third-order valence-electron chi connectivity index (χ3n) is 7.61. The SMILES string of the molecule is Cc1cc(C)c(N2C=CN(c3c(C)cc(C)cc3C)[CH-]2)c(C)c1.[CH3-].[CH3-].[Ir+3].c1ccc([PH+](c2ccccc2)c2ccccc2)cc1. The Kier molecular flexibility index (Phi) is 14.5. The van der Waals surface area contributed by atoms with E-state index in [0.717, 1.165) is 0 Å². The zero-order valence-electron chi connectivity index (χ0n) is 27.9. The van der Waals surface area contributed by atoms with Gasteiger partial charge in [-0.05, 0) is 113 Å². The van der Waals surface area contributed by atoms with Gasteiger partial charge in [0.25, 0.3) is 0 Å². The van der Waals surface area contributed by atoms with E-state index in [-0.39, 0.29) is 35.0 Å². The second kappa shape index (κ2) is 17.3. The van der Waals surface area contributed by atoms with Gasteiger partial charge in [0.2, 0.25) is 0 Å². The van der Waals surface area contributed by atoms with Gasteiger partial charge in [-0.25, -0.2) is 0 Å². The summed E-state index contributed by atoms with van der Waals surface area (Å²) in [5, 5.41) is 4.31. The van der Waals surface area contributed by atoms with Crippen LogP contribution in [0, 0.1) is 63.1 Å². The molecular formula is C41H47IrN2P+. The Hall–Kier alpha value is -3.48. The normalized spacial score (nSPS) is 11.6. The van der Waals surface area contributed by atoms with Crippen LogP contribution >= 0.6 is 7.92 Å². The molecule has 2 nitrogen and oxygen atoms in total. The Morgan fingerprint density at radius 2 is 0.711 bits per heavy atom. The molecule has 0 amide bonds. The summed E-state index contributed by atoms with van der Waals surface area (Å²) in [5.41, 5.74) is 10.4. The Balaban J connectivity index is 0.000000298. The maximum atomic E-state index is 2.25. The first-order valence-corrected chi connectivity index (χ1v) is 16.1. The molecule has 0 N–H and O–H groups in total. The summed E-state index contributed by atoms with van der Waals surface area (Å²) in [7, 11) is -0.877. The van der Waals surface area contributed by atoms with E-state index in [1.54, 1.807) is 0 Å². The quantitative estimate of drug-likeness (QED) is 0.129. The van der Waals surface area contributed by atoms with E-state index in [2.05, 4.69) is 186 Å². The molecule has 45 heavy (non-hydrogen) atoms. The van der Waals surface area contributed by atoms with Crippen molar-refractivity contribution in [1.82, 2.24) is 0 Å². The molecule has 234 valence electrons. The van der Waals surface area contributed by atoms with E-state index < -0.39 is 7.92 Å². The Bertz CT molecular complexity index is 1460. The van der Waals surface area contributed by atoms with E-state index in [1.807, 2.05) is 0 Å². The number of nitrogens with zero attached hydrogens (tertiary/aromatic N) is 2. The zero-order valence-corrected chi connectivity index (χ0v) is 31.3. The first-order chi connectivity index (χ1) is 20.3. The minimum absolute atomic E-state index is 0. The fourth-order valence-electron chi connectivity index (χ4n) is 6.09. The van der Waals surface area contributed by atoms with E-state index >= 15 is 0 Å². The van der Waals surface area contributed by atoms with Crippen molar-refractivity contribution in [2.24, 2.45) is 0 Å². The molecule has 1 heterocycles. The molecule has 0 fully saturated rings. The molecule has 4 heteroatoms. The molecule has 0 aromatic heterocycles. The largest absolute Gasteiger partial charge is 3.00 e. The first-order valence-electron chi connectivity index (χ1n) is 14.6. The second-order valence-electron chi connectivity index (χ2n) is 11.2. The van der Waals surface area contributed by atoms with Gasteiger partial charge < -0.3 is 24.7 Å². The van der Waals surface area contributed by atoms with Crippen molar-refractivity contribution in [1.29, 1.82) is 0 Å². The Morgan fingerprint density at radius 1 is 0.444 bits per heavy atom. The van der Waals surface area contributed by atoms with Crippen LogP contribution in [0.15, 0.2) is 128 Å². The summed E-state index contributed by atoms with van der Waals surface area (Å²) >= 11 is 0. The zero-order chi connectivity index (χ0) is 29.6. The van der Waals surface area contributed by atoms with Crippen molar-refractivity contribution in [2.75, 3.05) is 9.80 Å². The van der Waals surface area contributed by atoms with Crippen LogP contribution < -0.4 is 25.7 Å². The minimum Gasteiger partial charge on any atom is -0.479 e. The average Bonchev–Trinajstić information content (AvgIpc) is 3.43. The van der Waals surface area contributed by atoms with E-state index in [1.165, 1.54) is 60.7 Å². The van der Waals surface area contributed by atoms with E-state index in [0.29, 0.717) is 0 Å². The van der Waals surface area contributed by atoms with Gasteiger partial charge in [0.1, 0.15) is 15.9 Å². The maximum absolute atomic E-state index is 2.25. The van der Waals surface area contributed by atoms with Gasteiger partial charge in [0.05, 0.1) is 7.92 Å². The van der Waals surface area contributed by atoms with Crippen LogP contribution in [0.5, 0.6) is 0 Å². The minimum atomic E-state index is -0.877. The van der Waals surface area contributed by atoms with Gasteiger partial charge in [-0.3, -0.25) is 0 Å². The molecule has 0 saturated heterocycles. The molecule has 0 aliphatic carbocycles. The Labute approximate surface area is 287 Å².